The third kappa shape index (κ3) is 3.53. The molecule has 8 heteroatoms. The predicted molar refractivity (Wildman–Crippen MR) is 94.5 cm³/mol. The monoisotopic (exact) mass is 381 g/mol. The van der Waals surface area contributed by atoms with Crippen molar-refractivity contribution in [3.8, 4) is 0 Å². The minimum Gasteiger partial charge on any atom is -0.344 e. The van der Waals surface area contributed by atoms with Crippen molar-refractivity contribution < 1.29 is 18.0 Å². The Labute approximate surface area is 152 Å². The van der Waals surface area contributed by atoms with Crippen molar-refractivity contribution in [3.05, 3.63) is 58.9 Å². The van der Waals surface area contributed by atoms with Crippen molar-refractivity contribution in [2.45, 2.75) is 26.1 Å². The molecule has 3 rings (SSSR count). The van der Waals surface area contributed by atoms with Crippen LogP contribution in [0.3, 0.4) is 0 Å². The predicted octanol–water partition coefficient (Wildman–Crippen LogP) is 5.54. The molecule has 0 aliphatic carbocycles. The van der Waals surface area contributed by atoms with Crippen LogP contribution in [0.2, 0.25) is 5.02 Å². The normalized spacial score (nSPS) is 12.0. The lowest BCUT2D eigenvalue weighted by atomic mass is 10.1. The lowest BCUT2D eigenvalue weighted by molar-refractivity contribution is -0.137. The first-order chi connectivity index (χ1) is 12.2. The first-order valence-electron chi connectivity index (χ1n) is 7.81. The van der Waals surface area contributed by atoms with Gasteiger partial charge < -0.3 is 9.88 Å². The number of fused-ring (bicyclic) bond motifs is 1. The molecule has 26 heavy (non-hydrogen) atoms. The SMILES string of the molecule is CC(C)n1cc(C(=O)Nc2ccc(C(F)(F)F)cn2)c2ccc(Cl)cc21. The lowest BCUT2D eigenvalue weighted by Gasteiger charge is -2.08. The highest BCUT2D eigenvalue weighted by Crippen LogP contribution is 2.30. The second kappa shape index (κ2) is 6.64. The van der Waals surface area contributed by atoms with Crippen LogP contribution < -0.4 is 5.32 Å². The van der Waals surface area contributed by atoms with Gasteiger partial charge in [-0.05, 0) is 38.1 Å². The molecule has 2 heterocycles. The molecule has 1 amide bonds. The largest absolute Gasteiger partial charge is 0.417 e. The first-order valence-corrected chi connectivity index (χ1v) is 8.19. The maximum atomic E-state index is 12.6. The minimum absolute atomic E-state index is 0.0439. The number of nitrogens with one attached hydrogen (secondary N) is 1. The number of anilines is 1. The third-order valence-corrected chi connectivity index (χ3v) is 4.16. The molecule has 0 saturated heterocycles. The number of rotatable bonds is 3. The van der Waals surface area contributed by atoms with E-state index in [9.17, 15) is 18.0 Å². The van der Waals surface area contributed by atoms with Crippen LogP contribution in [0.4, 0.5) is 19.0 Å². The van der Waals surface area contributed by atoms with Crippen molar-refractivity contribution in [1.82, 2.24) is 9.55 Å². The number of hydrogen-bond donors (Lipinski definition) is 1. The molecule has 3 aromatic rings. The van der Waals surface area contributed by atoms with E-state index in [1.165, 1.54) is 0 Å². The van der Waals surface area contributed by atoms with Crippen LogP contribution in [0.5, 0.6) is 0 Å². The number of pyridine rings is 1. The summed E-state index contributed by atoms with van der Waals surface area (Å²) >= 11 is 6.05. The van der Waals surface area contributed by atoms with Crippen molar-refractivity contribution >= 4 is 34.2 Å². The molecule has 136 valence electrons. The van der Waals surface area contributed by atoms with E-state index < -0.39 is 17.6 Å². The summed E-state index contributed by atoms with van der Waals surface area (Å²) in [4.78, 5) is 16.3. The summed E-state index contributed by atoms with van der Waals surface area (Å²) in [5.74, 6) is -0.411. The first kappa shape index (κ1) is 18.3. The average Bonchev–Trinajstić information content (AvgIpc) is 2.93. The number of carbonyl (C=O) groups excluding carboxylic acids is 1. The zero-order valence-corrected chi connectivity index (χ0v) is 14.7. The van der Waals surface area contributed by atoms with Crippen LogP contribution in [-0.2, 0) is 6.18 Å². The van der Waals surface area contributed by atoms with Crippen molar-refractivity contribution in [3.63, 3.8) is 0 Å². The molecule has 0 saturated carbocycles. The fourth-order valence-corrected chi connectivity index (χ4v) is 2.82. The molecule has 0 atom stereocenters. The van der Waals surface area contributed by atoms with Crippen LogP contribution in [0.25, 0.3) is 10.9 Å². The molecule has 4 nitrogen and oxygen atoms in total. The Morgan fingerprint density at radius 3 is 2.54 bits per heavy atom. The van der Waals surface area contributed by atoms with Gasteiger partial charge in [-0.15, -0.1) is 0 Å². The average molecular weight is 382 g/mol. The second-order valence-corrected chi connectivity index (χ2v) is 6.53. The van der Waals surface area contributed by atoms with Gasteiger partial charge in [-0.25, -0.2) is 4.98 Å². The summed E-state index contributed by atoms with van der Waals surface area (Å²) in [6.45, 7) is 3.94. The number of benzene rings is 1. The zero-order valence-electron chi connectivity index (χ0n) is 13.9. The summed E-state index contributed by atoms with van der Waals surface area (Å²) in [5.41, 5.74) is 0.326. The van der Waals surface area contributed by atoms with Gasteiger partial charge >= 0.3 is 6.18 Å². The number of alkyl halides is 3. The molecular weight excluding hydrogens is 367 g/mol. The smallest absolute Gasteiger partial charge is 0.344 e. The second-order valence-electron chi connectivity index (χ2n) is 6.09. The summed E-state index contributed by atoms with van der Waals surface area (Å²) in [7, 11) is 0. The Morgan fingerprint density at radius 1 is 1.23 bits per heavy atom. The molecule has 1 aromatic carbocycles. The number of nitrogens with zero attached hydrogens (tertiary/aromatic N) is 2. The highest BCUT2D eigenvalue weighted by atomic mass is 35.5. The molecule has 1 N–H and O–H groups in total. The Balaban J connectivity index is 1.93. The maximum absolute atomic E-state index is 12.6. The molecule has 0 aliphatic rings. The molecule has 0 bridgehead atoms. The lowest BCUT2D eigenvalue weighted by Crippen LogP contribution is -2.13. The van der Waals surface area contributed by atoms with Gasteiger partial charge in [-0.1, -0.05) is 17.7 Å². The van der Waals surface area contributed by atoms with Crippen molar-refractivity contribution in [2.75, 3.05) is 5.32 Å². The van der Waals surface area contributed by atoms with E-state index in [1.807, 2.05) is 18.4 Å². The number of amides is 1. The molecule has 0 spiro atoms. The minimum atomic E-state index is -4.47. The van der Waals surface area contributed by atoms with Crippen molar-refractivity contribution in [2.24, 2.45) is 0 Å². The number of carbonyl (C=O) groups is 1. The van der Waals surface area contributed by atoms with Crippen LogP contribution in [0.1, 0.15) is 35.8 Å². The van der Waals surface area contributed by atoms with E-state index in [0.29, 0.717) is 22.2 Å². The van der Waals surface area contributed by atoms with E-state index in [-0.39, 0.29) is 11.9 Å². The standard InChI is InChI=1S/C18H15ClF3N3O/c1-10(2)25-9-14(13-5-4-12(19)7-15(13)25)17(26)24-16-6-3-11(8-23-16)18(20,21)22/h3-10H,1-2H3,(H,23,24,26). The Morgan fingerprint density at radius 2 is 1.96 bits per heavy atom. The third-order valence-electron chi connectivity index (χ3n) is 3.93. The van der Waals surface area contributed by atoms with Gasteiger partial charge in [0.1, 0.15) is 5.82 Å². The van der Waals surface area contributed by atoms with E-state index in [2.05, 4.69) is 10.3 Å². The van der Waals surface area contributed by atoms with E-state index >= 15 is 0 Å². The van der Waals surface area contributed by atoms with Crippen LogP contribution >= 0.6 is 11.6 Å². The van der Waals surface area contributed by atoms with Crippen LogP contribution in [0, 0.1) is 0 Å². The van der Waals surface area contributed by atoms with E-state index in [1.54, 1.807) is 24.4 Å². The fraction of sp³-hybridized carbons (Fsp3) is 0.222. The highest BCUT2D eigenvalue weighted by Gasteiger charge is 2.30. The summed E-state index contributed by atoms with van der Waals surface area (Å²) in [5, 5.41) is 3.78. The van der Waals surface area contributed by atoms with Crippen LogP contribution in [-0.4, -0.2) is 15.5 Å². The van der Waals surface area contributed by atoms with Gasteiger partial charge in [0.15, 0.2) is 0 Å². The summed E-state index contributed by atoms with van der Waals surface area (Å²) < 4.78 is 39.7. The van der Waals surface area contributed by atoms with Gasteiger partial charge in [0.05, 0.1) is 16.6 Å². The van der Waals surface area contributed by atoms with E-state index in [4.69, 9.17) is 11.6 Å². The maximum Gasteiger partial charge on any atom is 0.417 e. The Hall–Kier alpha value is -2.54. The molecule has 0 fully saturated rings. The molecular formula is C18H15ClF3N3O. The summed E-state index contributed by atoms with van der Waals surface area (Å²) in [6.07, 6.45) is -2.09. The Kier molecular flexibility index (Phi) is 4.66. The van der Waals surface area contributed by atoms with Gasteiger partial charge in [0.2, 0.25) is 0 Å². The van der Waals surface area contributed by atoms with Crippen LogP contribution in [0.15, 0.2) is 42.7 Å². The quantitative estimate of drug-likeness (QED) is 0.647. The molecule has 0 aliphatic heterocycles. The number of hydrogen-bond acceptors (Lipinski definition) is 2. The fourth-order valence-electron chi connectivity index (χ4n) is 2.65. The van der Waals surface area contributed by atoms with Gasteiger partial charge in [-0.3, -0.25) is 4.79 Å². The topological polar surface area (TPSA) is 46.9 Å². The zero-order chi connectivity index (χ0) is 19.1. The molecule has 0 radical (unpaired) electrons. The van der Waals surface area contributed by atoms with Gasteiger partial charge in [-0.2, -0.15) is 13.2 Å². The highest BCUT2D eigenvalue weighted by molar-refractivity contribution is 6.31. The molecule has 2 aromatic heterocycles. The Bertz CT molecular complexity index is 962. The number of halogens is 4. The van der Waals surface area contributed by atoms with E-state index in [0.717, 1.165) is 17.6 Å². The number of aromatic nitrogens is 2. The molecule has 0 unspecified atom stereocenters. The van der Waals surface area contributed by atoms with Gasteiger partial charge in [0, 0.05) is 28.8 Å². The summed E-state index contributed by atoms with van der Waals surface area (Å²) in [6, 6.07) is 7.29. The van der Waals surface area contributed by atoms with Crippen molar-refractivity contribution in [1.29, 1.82) is 0 Å². The van der Waals surface area contributed by atoms with Gasteiger partial charge in [0.25, 0.3) is 5.91 Å².